The van der Waals surface area contributed by atoms with Crippen LogP contribution >= 0.6 is 0 Å². The molecule has 0 heterocycles. The molecule has 1 amide bonds. The number of rotatable bonds is 9. The molecule has 0 atom stereocenters. The Bertz CT molecular complexity index is 368. The van der Waals surface area contributed by atoms with Crippen molar-refractivity contribution in [3.8, 4) is 0 Å². The molecule has 0 aliphatic heterocycles. The summed E-state index contributed by atoms with van der Waals surface area (Å²) in [5.41, 5.74) is 1.01. The quantitative estimate of drug-likeness (QED) is 0.660. The van der Waals surface area contributed by atoms with Gasteiger partial charge >= 0.3 is 0 Å². The van der Waals surface area contributed by atoms with Crippen LogP contribution in [-0.2, 0) is 16.0 Å². The van der Waals surface area contributed by atoms with E-state index in [4.69, 9.17) is 4.74 Å². The normalized spacial score (nSPS) is 10.4. The number of carbonyl (C=O) groups excluding carboxylic acids is 1. The maximum atomic E-state index is 12.7. The Labute approximate surface area is 113 Å². The lowest BCUT2D eigenvalue weighted by atomic mass is 10.1. The van der Waals surface area contributed by atoms with E-state index in [2.05, 4.69) is 10.6 Å². The minimum atomic E-state index is -0.241. The Morgan fingerprint density at radius 1 is 1.21 bits per heavy atom. The molecule has 0 spiro atoms. The molecule has 2 N–H and O–H groups in total. The maximum Gasteiger partial charge on any atom is 0.221 e. The van der Waals surface area contributed by atoms with E-state index in [0.29, 0.717) is 32.5 Å². The summed E-state index contributed by atoms with van der Waals surface area (Å²) in [5.74, 6) is -0.220. The van der Waals surface area contributed by atoms with Gasteiger partial charge in [0.05, 0.1) is 6.61 Å². The van der Waals surface area contributed by atoms with Crippen LogP contribution in [-0.4, -0.2) is 39.3 Å². The second-order valence-corrected chi connectivity index (χ2v) is 4.22. The standard InChI is InChI=1S/C14H21FN2O2/c1-19-11-10-16-8-7-14(18)17-9-6-12-2-4-13(15)5-3-12/h2-5,16H,6-11H2,1H3,(H,17,18). The molecule has 4 nitrogen and oxygen atoms in total. The van der Waals surface area contributed by atoms with Crippen LogP contribution in [0.4, 0.5) is 4.39 Å². The predicted molar refractivity (Wildman–Crippen MR) is 72.5 cm³/mol. The summed E-state index contributed by atoms with van der Waals surface area (Å²) in [5, 5.41) is 5.94. The second kappa shape index (κ2) is 9.47. The summed E-state index contributed by atoms with van der Waals surface area (Å²) in [6.07, 6.45) is 1.16. The highest BCUT2D eigenvalue weighted by atomic mass is 19.1. The first-order valence-electron chi connectivity index (χ1n) is 6.43. The molecular weight excluding hydrogens is 247 g/mol. The number of nitrogens with one attached hydrogen (secondary N) is 2. The monoisotopic (exact) mass is 268 g/mol. The number of methoxy groups -OCH3 is 1. The Morgan fingerprint density at radius 2 is 1.95 bits per heavy atom. The predicted octanol–water partition coefficient (Wildman–Crippen LogP) is 1.11. The molecule has 1 aromatic carbocycles. The zero-order valence-electron chi connectivity index (χ0n) is 11.2. The Morgan fingerprint density at radius 3 is 2.63 bits per heavy atom. The fourth-order valence-electron chi connectivity index (χ4n) is 1.59. The van der Waals surface area contributed by atoms with Gasteiger partial charge in [0, 0.05) is 33.2 Å². The number of carbonyl (C=O) groups is 1. The average molecular weight is 268 g/mol. The SMILES string of the molecule is COCCNCCC(=O)NCCc1ccc(F)cc1. The van der Waals surface area contributed by atoms with E-state index in [1.807, 2.05) is 0 Å². The molecule has 0 aromatic heterocycles. The third kappa shape index (κ3) is 7.54. The first-order chi connectivity index (χ1) is 9.22. The zero-order valence-corrected chi connectivity index (χ0v) is 11.2. The third-order valence-corrected chi connectivity index (χ3v) is 2.66. The van der Waals surface area contributed by atoms with E-state index >= 15 is 0 Å². The van der Waals surface area contributed by atoms with Crippen LogP contribution < -0.4 is 10.6 Å². The highest BCUT2D eigenvalue weighted by Gasteiger charge is 2.00. The molecule has 0 aliphatic carbocycles. The van der Waals surface area contributed by atoms with Crippen LogP contribution in [0.3, 0.4) is 0 Å². The number of halogens is 1. The van der Waals surface area contributed by atoms with Crippen molar-refractivity contribution in [2.45, 2.75) is 12.8 Å². The summed E-state index contributed by atoms with van der Waals surface area (Å²) < 4.78 is 17.6. The molecule has 0 bridgehead atoms. The van der Waals surface area contributed by atoms with Crippen LogP contribution in [0.1, 0.15) is 12.0 Å². The van der Waals surface area contributed by atoms with Gasteiger partial charge in [-0.25, -0.2) is 4.39 Å². The molecule has 0 fully saturated rings. The number of amides is 1. The Hall–Kier alpha value is -1.46. The minimum absolute atomic E-state index is 0.0204. The van der Waals surface area contributed by atoms with Gasteiger partial charge in [0.2, 0.25) is 5.91 Å². The number of hydrogen-bond acceptors (Lipinski definition) is 3. The van der Waals surface area contributed by atoms with Crippen molar-refractivity contribution in [3.05, 3.63) is 35.6 Å². The maximum absolute atomic E-state index is 12.7. The van der Waals surface area contributed by atoms with E-state index in [9.17, 15) is 9.18 Å². The third-order valence-electron chi connectivity index (χ3n) is 2.66. The highest BCUT2D eigenvalue weighted by molar-refractivity contribution is 5.76. The molecule has 0 saturated heterocycles. The van der Waals surface area contributed by atoms with Crippen molar-refractivity contribution in [1.82, 2.24) is 10.6 Å². The number of benzene rings is 1. The molecule has 19 heavy (non-hydrogen) atoms. The van der Waals surface area contributed by atoms with E-state index in [1.54, 1.807) is 19.2 Å². The van der Waals surface area contributed by atoms with Gasteiger partial charge in [0.15, 0.2) is 0 Å². The number of hydrogen-bond donors (Lipinski definition) is 2. The minimum Gasteiger partial charge on any atom is -0.383 e. The summed E-state index contributed by atoms with van der Waals surface area (Å²) in [6, 6.07) is 6.31. The van der Waals surface area contributed by atoms with Crippen LogP contribution in [0.25, 0.3) is 0 Å². The largest absolute Gasteiger partial charge is 0.383 e. The molecule has 106 valence electrons. The van der Waals surface area contributed by atoms with Crippen LogP contribution in [0.15, 0.2) is 24.3 Å². The van der Waals surface area contributed by atoms with Gasteiger partial charge in [-0.05, 0) is 24.1 Å². The number of ether oxygens (including phenoxy) is 1. The highest BCUT2D eigenvalue weighted by Crippen LogP contribution is 2.02. The molecule has 0 unspecified atom stereocenters. The van der Waals surface area contributed by atoms with Crippen molar-refractivity contribution in [2.24, 2.45) is 0 Å². The van der Waals surface area contributed by atoms with Gasteiger partial charge in [-0.3, -0.25) is 4.79 Å². The zero-order chi connectivity index (χ0) is 13.9. The van der Waals surface area contributed by atoms with E-state index in [1.165, 1.54) is 12.1 Å². The lowest BCUT2D eigenvalue weighted by Crippen LogP contribution is -2.30. The molecule has 5 heteroatoms. The van der Waals surface area contributed by atoms with Crippen LogP contribution in [0, 0.1) is 5.82 Å². The molecule has 0 saturated carbocycles. The van der Waals surface area contributed by atoms with Crippen molar-refractivity contribution in [1.29, 1.82) is 0 Å². The molecule has 1 aromatic rings. The van der Waals surface area contributed by atoms with Gasteiger partial charge in [-0.15, -0.1) is 0 Å². The van der Waals surface area contributed by atoms with Crippen LogP contribution in [0.2, 0.25) is 0 Å². The van der Waals surface area contributed by atoms with Crippen molar-refractivity contribution >= 4 is 5.91 Å². The molecular formula is C14H21FN2O2. The molecule has 0 radical (unpaired) electrons. The van der Waals surface area contributed by atoms with Gasteiger partial charge in [-0.2, -0.15) is 0 Å². The van der Waals surface area contributed by atoms with E-state index in [0.717, 1.165) is 12.1 Å². The lowest BCUT2D eigenvalue weighted by Gasteiger charge is -2.06. The van der Waals surface area contributed by atoms with Crippen LogP contribution in [0.5, 0.6) is 0 Å². The Kier molecular flexibility index (Phi) is 7.77. The van der Waals surface area contributed by atoms with Gasteiger partial charge in [-0.1, -0.05) is 12.1 Å². The Balaban J connectivity index is 2.05. The smallest absolute Gasteiger partial charge is 0.221 e. The van der Waals surface area contributed by atoms with Crippen molar-refractivity contribution < 1.29 is 13.9 Å². The average Bonchev–Trinajstić information content (AvgIpc) is 2.41. The van der Waals surface area contributed by atoms with E-state index in [-0.39, 0.29) is 11.7 Å². The fourth-order valence-corrected chi connectivity index (χ4v) is 1.59. The summed E-state index contributed by atoms with van der Waals surface area (Å²) in [7, 11) is 1.64. The van der Waals surface area contributed by atoms with Gasteiger partial charge in [0.25, 0.3) is 0 Å². The molecule has 0 aliphatic rings. The lowest BCUT2D eigenvalue weighted by molar-refractivity contribution is -0.120. The topological polar surface area (TPSA) is 50.4 Å². The van der Waals surface area contributed by atoms with E-state index < -0.39 is 0 Å². The van der Waals surface area contributed by atoms with Gasteiger partial charge < -0.3 is 15.4 Å². The van der Waals surface area contributed by atoms with Crippen molar-refractivity contribution in [2.75, 3.05) is 33.4 Å². The second-order valence-electron chi connectivity index (χ2n) is 4.22. The van der Waals surface area contributed by atoms with Gasteiger partial charge in [0.1, 0.15) is 5.82 Å². The van der Waals surface area contributed by atoms with Crippen molar-refractivity contribution in [3.63, 3.8) is 0 Å². The summed E-state index contributed by atoms with van der Waals surface area (Å²) in [4.78, 5) is 11.5. The molecule has 1 rings (SSSR count). The summed E-state index contributed by atoms with van der Waals surface area (Å²) >= 11 is 0. The fraction of sp³-hybridized carbons (Fsp3) is 0.500. The summed E-state index contributed by atoms with van der Waals surface area (Å²) in [6.45, 7) is 2.61. The first kappa shape index (κ1) is 15.6. The first-order valence-corrected chi connectivity index (χ1v) is 6.43.